The predicted octanol–water partition coefficient (Wildman–Crippen LogP) is 3.82. The average molecular weight is 410 g/mol. The molecule has 0 saturated carbocycles. The minimum atomic E-state index is -0.478. The Morgan fingerprint density at radius 1 is 0.963 bits per heavy atom. The Kier molecular flexibility index (Phi) is 3.71. The van der Waals surface area contributed by atoms with Crippen LogP contribution in [-0.4, -0.2) is 21.5 Å². The fraction of sp³-hybridized carbons (Fsp3) is 0. The van der Waals surface area contributed by atoms with Gasteiger partial charge in [-0.1, -0.05) is 18.2 Å². The number of fused-ring (bicyclic) bond motifs is 3. The highest BCUT2D eigenvalue weighted by atomic mass is 32.1. The number of carbonyl (C=O) groups is 2. The van der Waals surface area contributed by atoms with Crippen molar-refractivity contribution in [1.82, 2.24) is 15.2 Å². The molecule has 0 atom stereocenters. The molecule has 0 radical (unpaired) electrons. The van der Waals surface area contributed by atoms with Gasteiger partial charge in [0.15, 0.2) is 5.11 Å². The number of carbonyl (C=O) groups excluding carboxylic acids is 2. The lowest BCUT2D eigenvalue weighted by atomic mass is 10.1. The Bertz CT molecular complexity index is 1260. The van der Waals surface area contributed by atoms with E-state index in [2.05, 4.69) is 38.8 Å². The van der Waals surface area contributed by atoms with Crippen LogP contribution < -0.4 is 10.6 Å². The zero-order valence-corrected chi connectivity index (χ0v) is 16.1. The second-order valence-corrected chi connectivity index (χ2v) is 8.37. The smallest absolute Gasteiger partial charge is 0.263 e. The highest BCUT2D eigenvalue weighted by Gasteiger charge is 2.26. The van der Waals surface area contributed by atoms with Gasteiger partial charge in [0.25, 0.3) is 11.8 Å². The highest BCUT2D eigenvalue weighted by molar-refractivity contribution is 7.80. The minimum absolute atomic E-state index is 0.0364. The van der Waals surface area contributed by atoms with Gasteiger partial charge in [-0.15, -0.1) is 22.7 Å². The zero-order chi connectivity index (χ0) is 18.5. The van der Waals surface area contributed by atoms with E-state index in [0.29, 0.717) is 0 Å². The van der Waals surface area contributed by atoms with Crippen LogP contribution in [-0.2, 0) is 9.59 Å². The van der Waals surface area contributed by atoms with E-state index in [0.717, 1.165) is 26.3 Å². The van der Waals surface area contributed by atoms with E-state index in [1.165, 1.54) is 4.70 Å². The topological polar surface area (TPSA) is 63.1 Å². The largest absolute Gasteiger partial charge is 0.307 e. The van der Waals surface area contributed by atoms with Crippen LogP contribution in [0, 0.1) is 0 Å². The molecule has 8 heteroatoms. The van der Waals surface area contributed by atoms with Crippen molar-refractivity contribution in [3.63, 3.8) is 0 Å². The third kappa shape index (κ3) is 2.61. The highest BCUT2D eigenvalue weighted by Crippen LogP contribution is 2.40. The van der Waals surface area contributed by atoms with Gasteiger partial charge < -0.3 is 4.57 Å². The van der Waals surface area contributed by atoms with Gasteiger partial charge in [0.05, 0.1) is 20.4 Å². The number of nitrogens with one attached hydrogen (secondary N) is 2. The van der Waals surface area contributed by atoms with Crippen LogP contribution >= 0.6 is 34.9 Å². The lowest BCUT2D eigenvalue weighted by Crippen LogP contribution is -2.51. The SMILES string of the molecule is O=C1NC(=S)NC(=O)C1=Cc1cc2c(s1)c1sccc1n2-c1ccccc1. The monoisotopic (exact) mass is 409 g/mol. The molecular weight excluding hydrogens is 398 g/mol. The number of rotatable bonds is 2. The van der Waals surface area contributed by atoms with Crippen LogP contribution in [0.3, 0.4) is 0 Å². The van der Waals surface area contributed by atoms with Gasteiger partial charge in [-0.3, -0.25) is 20.2 Å². The molecule has 2 amide bonds. The summed E-state index contributed by atoms with van der Waals surface area (Å²) in [5, 5.41) is 7.04. The van der Waals surface area contributed by atoms with Crippen LogP contribution in [0.4, 0.5) is 0 Å². The van der Waals surface area contributed by atoms with E-state index in [4.69, 9.17) is 12.2 Å². The van der Waals surface area contributed by atoms with Crippen LogP contribution in [0.5, 0.6) is 0 Å². The third-order valence-electron chi connectivity index (χ3n) is 4.31. The molecular formula is C19H11N3O2S3. The molecule has 1 saturated heterocycles. The second-order valence-electron chi connectivity index (χ2n) is 5.96. The number of hydrogen-bond donors (Lipinski definition) is 2. The van der Waals surface area contributed by atoms with Gasteiger partial charge >= 0.3 is 0 Å². The van der Waals surface area contributed by atoms with E-state index in [-0.39, 0.29) is 10.7 Å². The van der Waals surface area contributed by atoms with Crippen LogP contribution in [0.2, 0.25) is 0 Å². The van der Waals surface area contributed by atoms with Crippen molar-refractivity contribution in [1.29, 1.82) is 0 Å². The summed E-state index contributed by atoms with van der Waals surface area (Å²) in [6.07, 6.45) is 1.62. The number of aromatic nitrogens is 1. The first-order valence-electron chi connectivity index (χ1n) is 8.07. The summed E-state index contributed by atoms with van der Waals surface area (Å²) in [7, 11) is 0. The molecule has 0 bridgehead atoms. The fourth-order valence-corrected chi connectivity index (χ4v) is 5.50. The molecule has 4 heterocycles. The number of thiocarbonyl (C=S) groups is 1. The first-order valence-corrected chi connectivity index (χ1v) is 10.2. The number of benzene rings is 1. The minimum Gasteiger partial charge on any atom is -0.307 e. The van der Waals surface area contributed by atoms with Crippen molar-refractivity contribution >= 4 is 78.3 Å². The molecule has 1 aliphatic rings. The number of amides is 2. The molecule has 27 heavy (non-hydrogen) atoms. The maximum Gasteiger partial charge on any atom is 0.263 e. The maximum absolute atomic E-state index is 12.1. The number of hydrogen-bond acceptors (Lipinski definition) is 5. The molecule has 1 fully saturated rings. The molecule has 0 spiro atoms. The van der Waals surface area contributed by atoms with Gasteiger partial charge in [-0.05, 0) is 47.9 Å². The molecule has 3 aromatic heterocycles. The third-order valence-corrected chi connectivity index (χ3v) is 6.65. The number of nitrogens with zero attached hydrogens (tertiary/aromatic N) is 1. The normalized spacial score (nSPS) is 14.7. The predicted molar refractivity (Wildman–Crippen MR) is 113 cm³/mol. The first-order chi connectivity index (χ1) is 13.1. The van der Waals surface area contributed by atoms with Crippen molar-refractivity contribution in [2.45, 2.75) is 0 Å². The van der Waals surface area contributed by atoms with E-state index < -0.39 is 11.8 Å². The summed E-state index contributed by atoms with van der Waals surface area (Å²) in [5.41, 5.74) is 3.35. The first kappa shape index (κ1) is 16.4. The van der Waals surface area contributed by atoms with Gasteiger partial charge in [-0.25, -0.2) is 0 Å². The van der Waals surface area contributed by atoms with Gasteiger partial charge in [0.1, 0.15) is 5.57 Å². The van der Waals surface area contributed by atoms with Crippen molar-refractivity contribution < 1.29 is 9.59 Å². The standard InChI is InChI=1S/C19H11N3O2S3/c23-17-12(18(24)21-19(25)20-17)8-11-9-14-16(27-11)15-13(6-7-26-15)22(14)10-4-2-1-3-5-10/h1-9H,(H2,20,21,23,24,25). The quantitative estimate of drug-likeness (QED) is 0.301. The maximum atomic E-state index is 12.1. The molecule has 0 aliphatic carbocycles. The Morgan fingerprint density at radius 3 is 2.44 bits per heavy atom. The van der Waals surface area contributed by atoms with Gasteiger partial charge in [0.2, 0.25) is 0 Å². The molecule has 0 unspecified atom stereocenters. The van der Waals surface area contributed by atoms with Crippen molar-refractivity contribution in [3.05, 3.63) is 58.3 Å². The van der Waals surface area contributed by atoms with Crippen molar-refractivity contribution in [3.8, 4) is 5.69 Å². The Hall–Kier alpha value is -2.81. The lowest BCUT2D eigenvalue weighted by molar-refractivity contribution is -0.123. The van der Waals surface area contributed by atoms with E-state index in [9.17, 15) is 9.59 Å². The number of para-hydroxylation sites is 1. The summed E-state index contributed by atoms with van der Waals surface area (Å²) in [4.78, 5) is 25.1. The fourth-order valence-electron chi connectivity index (χ4n) is 3.18. The molecule has 1 aromatic carbocycles. The summed E-state index contributed by atoms with van der Waals surface area (Å²) in [5.74, 6) is -0.955. The summed E-state index contributed by atoms with van der Waals surface area (Å²) < 4.78 is 4.54. The Labute approximate surface area is 166 Å². The van der Waals surface area contributed by atoms with Crippen LogP contribution in [0.25, 0.3) is 32.2 Å². The molecule has 132 valence electrons. The molecule has 5 rings (SSSR count). The number of thiophene rings is 2. The molecule has 4 aromatic rings. The van der Waals surface area contributed by atoms with Crippen LogP contribution in [0.15, 0.2) is 53.4 Å². The molecule has 5 nitrogen and oxygen atoms in total. The van der Waals surface area contributed by atoms with Gasteiger partial charge in [-0.2, -0.15) is 0 Å². The second kappa shape index (κ2) is 6.12. The molecule has 2 N–H and O–H groups in total. The molecule has 1 aliphatic heterocycles. The van der Waals surface area contributed by atoms with Crippen LogP contribution in [0.1, 0.15) is 4.88 Å². The Morgan fingerprint density at radius 2 is 1.70 bits per heavy atom. The van der Waals surface area contributed by atoms with E-state index >= 15 is 0 Å². The zero-order valence-electron chi connectivity index (χ0n) is 13.7. The summed E-state index contributed by atoms with van der Waals surface area (Å²) >= 11 is 8.09. The van der Waals surface area contributed by atoms with E-state index in [1.807, 2.05) is 24.3 Å². The van der Waals surface area contributed by atoms with Crippen molar-refractivity contribution in [2.75, 3.05) is 0 Å². The lowest BCUT2D eigenvalue weighted by Gasteiger charge is -2.15. The van der Waals surface area contributed by atoms with Gasteiger partial charge in [0, 0.05) is 10.6 Å². The Balaban J connectivity index is 1.70. The summed E-state index contributed by atoms with van der Waals surface area (Å²) in [6, 6.07) is 14.3. The summed E-state index contributed by atoms with van der Waals surface area (Å²) in [6.45, 7) is 0. The average Bonchev–Trinajstić information content (AvgIpc) is 3.31. The van der Waals surface area contributed by atoms with Crippen molar-refractivity contribution in [2.24, 2.45) is 0 Å². The van der Waals surface area contributed by atoms with E-state index in [1.54, 1.807) is 28.7 Å².